The molecule has 1 aromatic carbocycles. The van der Waals surface area contributed by atoms with Gasteiger partial charge in [-0.25, -0.2) is 0 Å². The maximum absolute atomic E-state index is 9.97. The van der Waals surface area contributed by atoms with E-state index in [-0.39, 0.29) is 0 Å². The normalized spacial score (nSPS) is 12.4. The van der Waals surface area contributed by atoms with E-state index in [1.807, 2.05) is 25.1 Å². The van der Waals surface area contributed by atoms with Crippen LogP contribution in [-0.4, -0.2) is 15.1 Å². The van der Waals surface area contributed by atoms with Crippen LogP contribution in [0.1, 0.15) is 29.5 Å². The van der Waals surface area contributed by atoms with Crippen molar-refractivity contribution in [2.75, 3.05) is 0 Å². The zero-order valence-corrected chi connectivity index (χ0v) is 9.87. The highest BCUT2D eigenvalue weighted by Crippen LogP contribution is 2.16. The van der Waals surface area contributed by atoms with Crippen molar-refractivity contribution in [3.63, 3.8) is 0 Å². The lowest BCUT2D eigenvalue weighted by Gasteiger charge is -2.09. The van der Waals surface area contributed by atoms with Crippen molar-refractivity contribution in [3.05, 3.63) is 59.7 Å². The van der Waals surface area contributed by atoms with Crippen LogP contribution >= 0.6 is 0 Å². The van der Waals surface area contributed by atoms with E-state index in [2.05, 4.69) is 22.1 Å². The molecule has 0 amide bonds. The molecule has 1 heterocycles. The molecule has 2 rings (SSSR count). The van der Waals surface area contributed by atoms with Crippen LogP contribution in [0.15, 0.2) is 42.7 Å². The summed E-state index contributed by atoms with van der Waals surface area (Å²) in [4.78, 5) is 8.31. The highest BCUT2D eigenvalue weighted by molar-refractivity contribution is 5.15. The van der Waals surface area contributed by atoms with Gasteiger partial charge in [0.05, 0.1) is 23.7 Å². The lowest BCUT2D eigenvalue weighted by atomic mass is 10.1. The van der Waals surface area contributed by atoms with Crippen molar-refractivity contribution in [2.24, 2.45) is 0 Å². The Kier molecular flexibility index (Phi) is 3.83. The van der Waals surface area contributed by atoms with E-state index < -0.39 is 6.10 Å². The van der Waals surface area contributed by atoms with Crippen molar-refractivity contribution in [1.29, 1.82) is 0 Å². The number of rotatable bonds is 4. The Morgan fingerprint density at radius 3 is 2.53 bits per heavy atom. The highest BCUT2D eigenvalue weighted by Gasteiger charge is 2.09. The van der Waals surface area contributed by atoms with E-state index in [1.54, 1.807) is 12.4 Å². The zero-order valence-electron chi connectivity index (χ0n) is 9.87. The number of aliphatic hydroxyl groups is 1. The number of aryl methyl sites for hydroxylation is 2. The molecular formula is C14H16N2O. The SMILES string of the molecule is Cc1cnc(C(O)CCc2ccccc2)cn1. The van der Waals surface area contributed by atoms with Crippen LogP contribution in [0, 0.1) is 6.92 Å². The maximum atomic E-state index is 9.97. The Labute approximate surface area is 101 Å². The molecule has 3 heteroatoms. The second-order valence-corrected chi connectivity index (χ2v) is 4.12. The molecule has 0 aliphatic carbocycles. The molecule has 0 fully saturated rings. The molecule has 0 saturated heterocycles. The van der Waals surface area contributed by atoms with Crippen molar-refractivity contribution in [3.8, 4) is 0 Å². The van der Waals surface area contributed by atoms with Crippen molar-refractivity contribution in [1.82, 2.24) is 9.97 Å². The average Bonchev–Trinajstić information content (AvgIpc) is 2.38. The summed E-state index contributed by atoms with van der Waals surface area (Å²) in [6.45, 7) is 1.88. The summed E-state index contributed by atoms with van der Waals surface area (Å²) in [5.74, 6) is 0. The molecule has 0 bridgehead atoms. The Hall–Kier alpha value is -1.74. The van der Waals surface area contributed by atoms with Crippen molar-refractivity contribution < 1.29 is 5.11 Å². The Bertz CT molecular complexity index is 453. The summed E-state index contributed by atoms with van der Waals surface area (Å²) in [6, 6.07) is 10.1. The van der Waals surface area contributed by atoms with Gasteiger partial charge in [-0.15, -0.1) is 0 Å². The van der Waals surface area contributed by atoms with Crippen LogP contribution in [0.25, 0.3) is 0 Å². The van der Waals surface area contributed by atoms with E-state index in [4.69, 9.17) is 0 Å². The summed E-state index contributed by atoms with van der Waals surface area (Å²) in [6.07, 6.45) is 4.30. The van der Waals surface area contributed by atoms with Crippen LogP contribution in [0.3, 0.4) is 0 Å². The van der Waals surface area contributed by atoms with Gasteiger partial charge in [0, 0.05) is 6.20 Å². The average molecular weight is 228 g/mol. The molecule has 0 aliphatic heterocycles. The topological polar surface area (TPSA) is 46.0 Å². The zero-order chi connectivity index (χ0) is 12.1. The molecule has 0 aliphatic rings. The van der Waals surface area contributed by atoms with Gasteiger partial charge in [-0.05, 0) is 25.3 Å². The third-order valence-corrected chi connectivity index (χ3v) is 2.69. The standard InChI is InChI=1S/C14H16N2O/c1-11-9-16-13(10-15-11)14(17)8-7-12-5-3-2-4-6-12/h2-6,9-10,14,17H,7-8H2,1H3. The lowest BCUT2D eigenvalue weighted by Crippen LogP contribution is -2.03. The highest BCUT2D eigenvalue weighted by atomic mass is 16.3. The molecule has 1 N–H and O–H groups in total. The molecular weight excluding hydrogens is 212 g/mol. The molecule has 88 valence electrons. The summed E-state index contributed by atoms with van der Waals surface area (Å²) in [5, 5.41) is 9.97. The van der Waals surface area contributed by atoms with Crippen LogP contribution in [0.5, 0.6) is 0 Å². The summed E-state index contributed by atoms with van der Waals surface area (Å²) < 4.78 is 0. The van der Waals surface area contributed by atoms with E-state index in [9.17, 15) is 5.11 Å². The number of hydrogen-bond donors (Lipinski definition) is 1. The fraction of sp³-hybridized carbons (Fsp3) is 0.286. The number of aromatic nitrogens is 2. The molecule has 0 radical (unpaired) electrons. The van der Waals surface area contributed by atoms with Gasteiger partial charge >= 0.3 is 0 Å². The molecule has 2 aromatic rings. The van der Waals surface area contributed by atoms with E-state index in [1.165, 1.54) is 5.56 Å². The van der Waals surface area contributed by atoms with Crippen molar-refractivity contribution in [2.45, 2.75) is 25.9 Å². The van der Waals surface area contributed by atoms with Gasteiger partial charge in [0.25, 0.3) is 0 Å². The predicted octanol–water partition coefficient (Wildman–Crippen LogP) is 2.45. The van der Waals surface area contributed by atoms with Crippen LogP contribution in [0.4, 0.5) is 0 Å². The first-order chi connectivity index (χ1) is 8.25. The summed E-state index contributed by atoms with van der Waals surface area (Å²) in [7, 11) is 0. The summed E-state index contributed by atoms with van der Waals surface area (Å²) in [5.41, 5.74) is 2.74. The fourth-order valence-corrected chi connectivity index (χ4v) is 1.67. The first-order valence-corrected chi connectivity index (χ1v) is 5.76. The largest absolute Gasteiger partial charge is 0.387 e. The Morgan fingerprint density at radius 1 is 1.12 bits per heavy atom. The second kappa shape index (κ2) is 5.55. The molecule has 0 spiro atoms. The minimum Gasteiger partial charge on any atom is -0.387 e. The monoisotopic (exact) mass is 228 g/mol. The van der Waals surface area contributed by atoms with Gasteiger partial charge in [-0.2, -0.15) is 0 Å². The quantitative estimate of drug-likeness (QED) is 0.874. The predicted molar refractivity (Wildman–Crippen MR) is 66.5 cm³/mol. The number of aliphatic hydroxyl groups excluding tert-OH is 1. The van der Waals surface area contributed by atoms with Gasteiger partial charge in [-0.1, -0.05) is 30.3 Å². The minimum atomic E-state index is -0.539. The van der Waals surface area contributed by atoms with Gasteiger partial charge in [0.1, 0.15) is 0 Å². The molecule has 1 atom stereocenters. The first kappa shape index (κ1) is 11.7. The molecule has 17 heavy (non-hydrogen) atoms. The third kappa shape index (κ3) is 3.36. The van der Waals surface area contributed by atoms with E-state index >= 15 is 0 Å². The van der Waals surface area contributed by atoms with Gasteiger partial charge in [0.15, 0.2) is 0 Å². The van der Waals surface area contributed by atoms with Crippen LogP contribution in [-0.2, 0) is 6.42 Å². The lowest BCUT2D eigenvalue weighted by molar-refractivity contribution is 0.162. The minimum absolute atomic E-state index is 0.539. The molecule has 1 aromatic heterocycles. The molecule has 0 saturated carbocycles. The van der Waals surface area contributed by atoms with Gasteiger partial charge < -0.3 is 5.11 Å². The fourth-order valence-electron chi connectivity index (χ4n) is 1.67. The van der Waals surface area contributed by atoms with Crippen LogP contribution < -0.4 is 0 Å². The molecule has 3 nitrogen and oxygen atoms in total. The van der Waals surface area contributed by atoms with E-state index in [0.29, 0.717) is 12.1 Å². The van der Waals surface area contributed by atoms with Crippen LogP contribution in [0.2, 0.25) is 0 Å². The Morgan fingerprint density at radius 2 is 1.88 bits per heavy atom. The number of hydrogen-bond acceptors (Lipinski definition) is 3. The number of nitrogens with zero attached hydrogens (tertiary/aromatic N) is 2. The maximum Gasteiger partial charge on any atom is 0.0978 e. The van der Waals surface area contributed by atoms with Crippen molar-refractivity contribution >= 4 is 0 Å². The Balaban J connectivity index is 1.93. The smallest absolute Gasteiger partial charge is 0.0978 e. The third-order valence-electron chi connectivity index (χ3n) is 2.69. The first-order valence-electron chi connectivity index (χ1n) is 5.76. The second-order valence-electron chi connectivity index (χ2n) is 4.12. The van der Waals surface area contributed by atoms with Gasteiger partial charge in [0.2, 0.25) is 0 Å². The molecule has 1 unspecified atom stereocenters. The number of benzene rings is 1. The summed E-state index contributed by atoms with van der Waals surface area (Å²) >= 11 is 0. The van der Waals surface area contributed by atoms with Gasteiger partial charge in [-0.3, -0.25) is 9.97 Å². The van der Waals surface area contributed by atoms with E-state index in [0.717, 1.165) is 12.1 Å².